The molecule has 3 N–H and O–H groups in total. The Morgan fingerprint density at radius 2 is 2.14 bits per heavy atom. The number of aromatic nitrogens is 2. The number of halogens is 2. The number of sulfonamides is 1. The monoisotopic (exact) mass is 377 g/mol. The molecule has 10 heteroatoms. The minimum absolute atomic E-state index is 0.0741. The highest BCUT2D eigenvalue weighted by atomic mass is 79.9. The lowest BCUT2D eigenvalue weighted by atomic mass is 10.3. The van der Waals surface area contributed by atoms with E-state index in [0.717, 1.165) is 6.07 Å². The van der Waals surface area contributed by atoms with Crippen LogP contribution in [0.5, 0.6) is 0 Å². The van der Waals surface area contributed by atoms with E-state index in [-0.39, 0.29) is 15.9 Å². The number of carboxylic acids is 1. The molecule has 0 fully saturated rings. The van der Waals surface area contributed by atoms with E-state index in [1.165, 1.54) is 19.1 Å². The first-order valence-corrected chi connectivity index (χ1v) is 7.76. The van der Waals surface area contributed by atoms with E-state index in [0.29, 0.717) is 0 Å². The van der Waals surface area contributed by atoms with Crippen LogP contribution in [-0.4, -0.2) is 29.7 Å². The molecule has 0 bridgehead atoms. The Hall–Kier alpha value is -1.94. The van der Waals surface area contributed by atoms with Crippen molar-refractivity contribution in [2.24, 2.45) is 0 Å². The molecule has 0 aliphatic heterocycles. The fraction of sp³-hybridized carbons (Fsp3) is 0.0909. The second kappa shape index (κ2) is 5.45. The standard InChI is InChI=1S/C11H9BrFN3O4S/c1-5-10(9(11(17)18)15-14-5)21(19,20)16-6-2-3-8(13)7(12)4-6/h2-4,16H,1H3,(H,14,15)(H,17,18). The topological polar surface area (TPSA) is 112 Å². The van der Waals surface area contributed by atoms with Gasteiger partial charge in [0.05, 0.1) is 15.9 Å². The predicted octanol–water partition coefficient (Wildman–Crippen LogP) is 2.12. The average Bonchev–Trinajstić information content (AvgIpc) is 2.76. The van der Waals surface area contributed by atoms with E-state index in [1.807, 2.05) is 0 Å². The molecule has 0 spiro atoms. The number of aryl methyl sites for hydroxylation is 1. The Morgan fingerprint density at radius 3 is 2.71 bits per heavy atom. The van der Waals surface area contributed by atoms with E-state index in [2.05, 4.69) is 30.8 Å². The number of anilines is 1. The van der Waals surface area contributed by atoms with E-state index in [4.69, 9.17) is 5.11 Å². The summed E-state index contributed by atoms with van der Waals surface area (Å²) in [5.74, 6) is -2.02. The number of benzene rings is 1. The van der Waals surface area contributed by atoms with Gasteiger partial charge in [-0.2, -0.15) is 5.10 Å². The van der Waals surface area contributed by atoms with Crippen molar-refractivity contribution in [3.8, 4) is 0 Å². The van der Waals surface area contributed by atoms with Gasteiger partial charge < -0.3 is 5.11 Å². The minimum atomic E-state index is -4.17. The summed E-state index contributed by atoms with van der Waals surface area (Å²) in [6, 6.07) is 3.51. The zero-order valence-corrected chi connectivity index (χ0v) is 12.9. The number of hydrogen-bond acceptors (Lipinski definition) is 4. The maximum Gasteiger partial charge on any atom is 0.357 e. The molecule has 0 saturated carbocycles. The number of carbonyl (C=O) groups is 1. The summed E-state index contributed by atoms with van der Waals surface area (Å²) in [6.07, 6.45) is 0. The van der Waals surface area contributed by atoms with Crippen LogP contribution in [0.3, 0.4) is 0 Å². The van der Waals surface area contributed by atoms with Crippen LogP contribution in [0.2, 0.25) is 0 Å². The third kappa shape index (κ3) is 3.05. The zero-order chi connectivity index (χ0) is 15.8. The number of hydrogen-bond donors (Lipinski definition) is 3. The Kier molecular flexibility index (Phi) is 4.01. The summed E-state index contributed by atoms with van der Waals surface area (Å²) >= 11 is 2.93. The third-order valence-corrected chi connectivity index (χ3v) is 4.68. The summed E-state index contributed by atoms with van der Waals surface area (Å²) in [7, 11) is -4.17. The first kappa shape index (κ1) is 15.4. The van der Waals surface area contributed by atoms with Gasteiger partial charge in [-0.1, -0.05) is 0 Å². The number of carboxylic acid groups (broad SMARTS) is 1. The van der Waals surface area contributed by atoms with E-state index in [1.54, 1.807) is 0 Å². The number of nitrogens with zero attached hydrogens (tertiary/aromatic N) is 1. The van der Waals surface area contributed by atoms with Gasteiger partial charge in [-0.05, 0) is 41.1 Å². The van der Waals surface area contributed by atoms with Gasteiger partial charge in [-0.25, -0.2) is 17.6 Å². The lowest BCUT2D eigenvalue weighted by Crippen LogP contribution is -2.17. The lowest BCUT2D eigenvalue weighted by Gasteiger charge is -2.08. The van der Waals surface area contributed by atoms with Crippen molar-refractivity contribution in [3.63, 3.8) is 0 Å². The van der Waals surface area contributed by atoms with Gasteiger partial charge in [0.25, 0.3) is 10.0 Å². The highest BCUT2D eigenvalue weighted by Gasteiger charge is 2.28. The molecular formula is C11H9BrFN3O4S. The largest absolute Gasteiger partial charge is 0.476 e. The maximum atomic E-state index is 13.1. The molecule has 112 valence electrons. The van der Waals surface area contributed by atoms with Gasteiger partial charge in [0.15, 0.2) is 5.69 Å². The van der Waals surface area contributed by atoms with Gasteiger partial charge in [-0.3, -0.25) is 9.82 Å². The number of H-pyrrole nitrogens is 1. The molecule has 1 aromatic heterocycles. The van der Waals surface area contributed by atoms with Crippen LogP contribution < -0.4 is 4.72 Å². The molecule has 0 aliphatic rings. The van der Waals surface area contributed by atoms with E-state index in [9.17, 15) is 17.6 Å². The van der Waals surface area contributed by atoms with Crippen molar-refractivity contribution in [1.29, 1.82) is 0 Å². The highest BCUT2D eigenvalue weighted by molar-refractivity contribution is 9.10. The molecule has 0 aliphatic carbocycles. The van der Waals surface area contributed by atoms with Crippen LogP contribution in [0, 0.1) is 12.7 Å². The van der Waals surface area contributed by atoms with Gasteiger partial charge >= 0.3 is 5.97 Å². The fourth-order valence-corrected chi connectivity index (χ4v) is 3.41. The molecule has 7 nitrogen and oxygen atoms in total. The molecule has 21 heavy (non-hydrogen) atoms. The molecule has 0 saturated heterocycles. The molecule has 2 aromatic rings. The van der Waals surface area contributed by atoms with Gasteiger partial charge in [0.2, 0.25) is 0 Å². The van der Waals surface area contributed by atoms with Crippen molar-refractivity contribution < 1.29 is 22.7 Å². The van der Waals surface area contributed by atoms with Crippen molar-refractivity contribution in [3.05, 3.63) is 39.9 Å². The summed E-state index contributed by atoms with van der Waals surface area (Å²) in [5.41, 5.74) is -0.442. The normalized spacial score (nSPS) is 11.4. The first-order valence-electron chi connectivity index (χ1n) is 5.48. The van der Waals surface area contributed by atoms with Gasteiger partial charge in [0.1, 0.15) is 10.7 Å². The minimum Gasteiger partial charge on any atom is -0.476 e. The molecule has 2 rings (SSSR count). The Labute approximate surface area is 127 Å². The van der Waals surface area contributed by atoms with E-state index < -0.39 is 32.4 Å². The number of aromatic amines is 1. The van der Waals surface area contributed by atoms with Crippen LogP contribution in [0.1, 0.15) is 16.2 Å². The molecule has 1 heterocycles. The van der Waals surface area contributed by atoms with Crippen molar-refractivity contribution in [1.82, 2.24) is 10.2 Å². The second-order valence-electron chi connectivity index (χ2n) is 4.07. The summed E-state index contributed by atoms with van der Waals surface area (Å²) in [5, 5.41) is 14.7. The molecule has 1 aromatic carbocycles. The average molecular weight is 378 g/mol. The number of nitrogens with one attached hydrogen (secondary N) is 2. The van der Waals surface area contributed by atoms with E-state index >= 15 is 0 Å². The Balaban J connectivity index is 2.45. The third-order valence-electron chi connectivity index (χ3n) is 2.53. The van der Waals surface area contributed by atoms with Crippen LogP contribution in [0.4, 0.5) is 10.1 Å². The van der Waals surface area contributed by atoms with Crippen LogP contribution in [0.25, 0.3) is 0 Å². The van der Waals surface area contributed by atoms with Crippen molar-refractivity contribution in [2.45, 2.75) is 11.8 Å². The first-order chi connectivity index (χ1) is 9.72. The molecule has 0 unspecified atom stereocenters. The van der Waals surface area contributed by atoms with Crippen LogP contribution >= 0.6 is 15.9 Å². The van der Waals surface area contributed by atoms with Gasteiger partial charge in [0, 0.05) is 0 Å². The van der Waals surface area contributed by atoms with Crippen LogP contribution in [0.15, 0.2) is 27.6 Å². The molecular weight excluding hydrogens is 369 g/mol. The van der Waals surface area contributed by atoms with Crippen LogP contribution in [-0.2, 0) is 10.0 Å². The predicted molar refractivity (Wildman–Crippen MR) is 75.2 cm³/mol. The Bertz CT molecular complexity index is 819. The molecule has 0 radical (unpaired) electrons. The summed E-state index contributed by atoms with van der Waals surface area (Å²) in [6.45, 7) is 1.38. The molecule has 0 atom stereocenters. The van der Waals surface area contributed by atoms with Crippen molar-refractivity contribution >= 4 is 37.6 Å². The molecule has 0 amide bonds. The SMILES string of the molecule is Cc1[nH]nc(C(=O)O)c1S(=O)(=O)Nc1ccc(F)c(Br)c1. The lowest BCUT2D eigenvalue weighted by molar-refractivity contribution is 0.0686. The maximum absolute atomic E-state index is 13.1. The summed E-state index contributed by atoms with van der Waals surface area (Å²) in [4.78, 5) is 10.5. The Morgan fingerprint density at radius 1 is 1.48 bits per heavy atom. The highest BCUT2D eigenvalue weighted by Crippen LogP contribution is 2.24. The number of aromatic carboxylic acids is 1. The quantitative estimate of drug-likeness (QED) is 0.755. The fourth-order valence-electron chi connectivity index (χ4n) is 1.66. The zero-order valence-electron chi connectivity index (χ0n) is 10.5. The smallest absolute Gasteiger partial charge is 0.357 e. The van der Waals surface area contributed by atoms with Crippen molar-refractivity contribution in [2.75, 3.05) is 4.72 Å². The van der Waals surface area contributed by atoms with Gasteiger partial charge in [-0.15, -0.1) is 0 Å². The summed E-state index contributed by atoms with van der Waals surface area (Å²) < 4.78 is 39.9. The number of rotatable bonds is 4. The second-order valence-corrected chi connectivity index (χ2v) is 6.54.